The van der Waals surface area contributed by atoms with Crippen LogP contribution in [0.15, 0.2) is 23.1 Å². The lowest BCUT2D eigenvalue weighted by Crippen LogP contribution is -2.43. The van der Waals surface area contributed by atoms with Gasteiger partial charge >= 0.3 is 0 Å². The van der Waals surface area contributed by atoms with E-state index in [1.54, 1.807) is 0 Å². The highest BCUT2D eigenvalue weighted by Gasteiger charge is 2.33. The van der Waals surface area contributed by atoms with Crippen molar-refractivity contribution in [2.45, 2.75) is 4.90 Å². The van der Waals surface area contributed by atoms with E-state index in [0.29, 0.717) is 0 Å². The van der Waals surface area contributed by atoms with Crippen LogP contribution in [0.4, 0.5) is 0 Å². The zero-order valence-corrected chi connectivity index (χ0v) is 13.1. The maximum atomic E-state index is 12.5. The van der Waals surface area contributed by atoms with E-state index >= 15 is 0 Å². The second kappa shape index (κ2) is 5.51. The molecule has 1 heterocycles. The standard InChI is InChI=1S/C11H14ClNO5S2/c1-18-10-3-2-9(12)8-11(10)20(16,17)13-4-6-19(14,15)7-5-13/h2-3,8H,4-7H2,1H3. The van der Waals surface area contributed by atoms with Crippen LogP contribution in [0.3, 0.4) is 0 Å². The van der Waals surface area contributed by atoms with Gasteiger partial charge in [-0.15, -0.1) is 0 Å². The number of nitrogens with zero attached hydrogens (tertiary/aromatic N) is 1. The lowest BCUT2D eigenvalue weighted by Gasteiger charge is -2.26. The lowest BCUT2D eigenvalue weighted by molar-refractivity contribution is 0.393. The van der Waals surface area contributed by atoms with Crippen molar-refractivity contribution in [3.05, 3.63) is 23.2 Å². The average Bonchev–Trinajstić information content (AvgIpc) is 2.38. The van der Waals surface area contributed by atoms with Crippen molar-refractivity contribution in [3.63, 3.8) is 0 Å². The summed E-state index contributed by atoms with van der Waals surface area (Å²) in [5.41, 5.74) is 0. The third-order valence-corrected chi connectivity index (χ3v) is 6.81. The van der Waals surface area contributed by atoms with Gasteiger partial charge in [-0.05, 0) is 18.2 Å². The summed E-state index contributed by atoms with van der Waals surface area (Å²) in [4.78, 5) is -0.0493. The van der Waals surface area contributed by atoms with Gasteiger partial charge in [-0.3, -0.25) is 0 Å². The second-order valence-corrected chi connectivity index (χ2v) is 9.00. The number of hydrogen-bond acceptors (Lipinski definition) is 5. The zero-order valence-electron chi connectivity index (χ0n) is 10.7. The second-order valence-electron chi connectivity index (χ2n) is 4.35. The Morgan fingerprint density at radius 2 is 1.85 bits per heavy atom. The van der Waals surface area contributed by atoms with Crippen LogP contribution in [0.2, 0.25) is 5.02 Å². The first-order valence-corrected chi connectivity index (χ1v) is 9.44. The molecule has 0 aromatic heterocycles. The molecule has 1 aliphatic rings. The fourth-order valence-electron chi connectivity index (χ4n) is 1.93. The minimum atomic E-state index is -3.82. The molecule has 6 nitrogen and oxygen atoms in total. The van der Waals surface area contributed by atoms with Gasteiger partial charge < -0.3 is 4.74 Å². The molecule has 0 saturated carbocycles. The van der Waals surface area contributed by atoms with Crippen molar-refractivity contribution >= 4 is 31.5 Å². The fourth-order valence-corrected chi connectivity index (χ4v) is 5.22. The molecule has 0 radical (unpaired) electrons. The van der Waals surface area contributed by atoms with Gasteiger partial charge in [0.2, 0.25) is 10.0 Å². The van der Waals surface area contributed by atoms with Gasteiger partial charge in [0.05, 0.1) is 18.6 Å². The van der Waals surface area contributed by atoms with Gasteiger partial charge in [0.15, 0.2) is 9.84 Å². The monoisotopic (exact) mass is 339 g/mol. The molecular weight excluding hydrogens is 326 g/mol. The van der Waals surface area contributed by atoms with Crippen LogP contribution >= 0.6 is 11.6 Å². The summed E-state index contributed by atoms with van der Waals surface area (Å²) in [6, 6.07) is 4.30. The molecule has 1 saturated heterocycles. The highest BCUT2D eigenvalue weighted by Crippen LogP contribution is 2.30. The predicted octanol–water partition coefficient (Wildman–Crippen LogP) is 0.768. The van der Waals surface area contributed by atoms with E-state index < -0.39 is 19.9 Å². The Hall–Kier alpha value is -0.830. The van der Waals surface area contributed by atoms with E-state index in [2.05, 4.69) is 0 Å². The predicted molar refractivity (Wildman–Crippen MR) is 75.4 cm³/mol. The SMILES string of the molecule is COc1ccc(Cl)cc1S(=O)(=O)N1CCS(=O)(=O)CC1. The Labute approximate surface area is 123 Å². The number of ether oxygens (including phenoxy) is 1. The molecule has 112 valence electrons. The Morgan fingerprint density at radius 3 is 2.40 bits per heavy atom. The van der Waals surface area contributed by atoms with Crippen LogP contribution in [-0.4, -0.2) is 52.8 Å². The van der Waals surface area contributed by atoms with Crippen LogP contribution in [0, 0.1) is 0 Å². The topological polar surface area (TPSA) is 80.8 Å². The molecule has 0 spiro atoms. The van der Waals surface area contributed by atoms with Crippen molar-refractivity contribution in [1.29, 1.82) is 0 Å². The van der Waals surface area contributed by atoms with E-state index in [1.165, 1.54) is 25.3 Å². The smallest absolute Gasteiger partial charge is 0.246 e. The molecular formula is C11H14ClNO5S2. The molecule has 0 atom stereocenters. The van der Waals surface area contributed by atoms with Crippen molar-refractivity contribution < 1.29 is 21.6 Å². The quantitative estimate of drug-likeness (QED) is 0.812. The van der Waals surface area contributed by atoms with Crippen LogP contribution in [0.1, 0.15) is 0 Å². The third kappa shape index (κ3) is 3.08. The van der Waals surface area contributed by atoms with Gasteiger partial charge in [0, 0.05) is 18.1 Å². The molecule has 1 fully saturated rings. The number of sulfonamides is 1. The van der Waals surface area contributed by atoms with E-state index in [1.807, 2.05) is 0 Å². The number of benzene rings is 1. The van der Waals surface area contributed by atoms with Crippen molar-refractivity contribution in [2.24, 2.45) is 0 Å². The van der Waals surface area contributed by atoms with Crippen LogP contribution < -0.4 is 4.74 Å². The fraction of sp³-hybridized carbons (Fsp3) is 0.455. The summed E-state index contributed by atoms with van der Waals surface area (Å²) in [5, 5.41) is 0.272. The zero-order chi connectivity index (χ0) is 15.0. The molecule has 0 aliphatic carbocycles. The van der Waals surface area contributed by atoms with Gasteiger partial charge in [0.25, 0.3) is 0 Å². The molecule has 9 heteroatoms. The van der Waals surface area contributed by atoms with E-state index in [4.69, 9.17) is 16.3 Å². The Bertz CT molecular complexity index is 700. The normalized spacial score (nSPS) is 19.7. The minimum absolute atomic E-state index is 0.0493. The summed E-state index contributed by atoms with van der Waals surface area (Å²) in [6.45, 7) is -0.110. The van der Waals surface area contributed by atoms with Gasteiger partial charge in [-0.25, -0.2) is 16.8 Å². The van der Waals surface area contributed by atoms with E-state index in [0.717, 1.165) is 4.31 Å². The minimum Gasteiger partial charge on any atom is -0.495 e. The Balaban J connectivity index is 2.39. The number of hydrogen-bond donors (Lipinski definition) is 0. The number of sulfone groups is 1. The Morgan fingerprint density at radius 1 is 1.25 bits per heavy atom. The summed E-state index contributed by atoms with van der Waals surface area (Å²) in [6.07, 6.45) is 0. The van der Waals surface area contributed by atoms with Crippen LogP contribution in [-0.2, 0) is 19.9 Å². The van der Waals surface area contributed by atoms with Crippen molar-refractivity contribution in [3.8, 4) is 5.75 Å². The van der Waals surface area contributed by atoms with E-state index in [-0.39, 0.29) is 40.3 Å². The first kappa shape index (κ1) is 15.6. The van der Waals surface area contributed by atoms with Crippen molar-refractivity contribution in [2.75, 3.05) is 31.7 Å². The molecule has 1 aliphatic heterocycles. The lowest BCUT2D eigenvalue weighted by atomic mass is 10.3. The number of rotatable bonds is 3. The molecule has 1 aromatic carbocycles. The van der Waals surface area contributed by atoms with Gasteiger partial charge in [-0.1, -0.05) is 11.6 Å². The molecule has 2 rings (SSSR count). The van der Waals surface area contributed by atoms with Gasteiger partial charge in [0.1, 0.15) is 10.6 Å². The Kier molecular flexibility index (Phi) is 4.29. The highest BCUT2D eigenvalue weighted by molar-refractivity contribution is 7.92. The average molecular weight is 340 g/mol. The van der Waals surface area contributed by atoms with Crippen LogP contribution in [0.25, 0.3) is 0 Å². The molecule has 0 N–H and O–H groups in total. The molecule has 0 unspecified atom stereocenters. The first-order valence-electron chi connectivity index (χ1n) is 5.80. The summed E-state index contributed by atoms with van der Waals surface area (Å²) in [5.74, 6) is -0.160. The summed E-state index contributed by atoms with van der Waals surface area (Å²) >= 11 is 5.83. The maximum absolute atomic E-state index is 12.5. The van der Waals surface area contributed by atoms with Crippen molar-refractivity contribution in [1.82, 2.24) is 4.31 Å². The molecule has 1 aromatic rings. The summed E-state index contributed by atoms with van der Waals surface area (Å²) in [7, 11) is -5.60. The molecule has 0 amide bonds. The largest absolute Gasteiger partial charge is 0.495 e. The molecule has 0 bridgehead atoms. The van der Waals surface area contributed by atoms with E-state index in [9.17, 15) is 16.8 Å². The third-order valence-electron chi connectivity index (χ3n) is 3.05. The molecule has 20 heavy (non-hydrogen) atoms. The van der Waals surface area contributed by atoms with Gasteiger partial charge in [-0.2, -0.15) is 4.31 Å². The number of halogens is 1. The number of methoxy groups -OCH3 is 1. The maximum Gasteiger partial charge on any atom is 0.246 e. The summed E-state index contributed by atoms with van der Waals surface area (Å²) < 4.78 is 54.0. The van der Waals surface area contributed by atoms with Crippen LogP contribution in [0.5, 0.6) is 5.75 Å². The first-order chi connectivity index (χ1) is 9.26. The highest BCUT2D eigenvalue weighted by atomic mass is 35.5.